The molecule has 2 aromatic rings. The molecule has 7 nitrogen and oxygen atoms in total. The summed E-state index contributed by atoms with van der Waals surface area (Å²) in [6, 6.07) is 12.5. The number of nitro benzene ring substituents is 1. The summed E-state index contributed by atoms with van der Waals surface area (Å²) in [5.41, 5.74) is 8.66. The van der Waals surface area contributed by atoms with Crippen LogP contribution >= 0.6 is 0 Å². The highest BCUT2D eigenvalue weighted by atomic mass is 16.6. The third-order valence-electron chi connectivity index (χ3n) is 4.54. The van der Waals surface area contributed by atoms with Crippen molar-refractivity contribution in [2.24, 2.45) is 5.73 Å². The fraction of sp³-hybridized carbons (Fsp3) is 0.278. The van der Waals surface area contributed by atoms with Crippen molar-refractivity contribution in [3.05, 3.63) is 63.7 Å². The molecule has 0 spiro atoms. The second-order valence-electron chi connectivity index (χ2n) is 6.11. The standard InChI is InChI=1S/C18H20N4O3/c1-13-12-16(6-7-17(13)22(24)25)21-10-8-20(9-11-21)15-4-2-14(3-5-15)18(19)23/h2-7,12H,8-11H2,1H3,(H2,19,23). The number of nitrogens with zero attached hydrogens (tertiary/aromatic N) is 3. The molecule has 2 aromatic carbocycles. The first-order valence-corrected chi connectivity index (χ1v) is 8.10. The number of carbonyl (C=O) groups is 1. The lowest BCUT2D eigenvalue weighted by Gasteiger charge is -2.37. The molecule has 7 heteroatoms. The van der Waals surface area contributed by atoms with Crippen LogP contribution in [0.1, 0.15) is 15.9 Å². The van der Waals surface area contributed by atoms with Gasteiger partial charge in [0.05, 0.1) is 4.92 Å². The van der Waals surface area contributed by atoms with Gasteiger partial charge in [-0.3, -0.25) is 14.9 Å². The van der Waals surface area contributed by atoms with Gasteiger partial charge >= 0.3 is 0 Å². The van der Waals surface area contributed by atoms with E-state index in [0.29, 0.717) is 11.1 Å². The summed E-state index contributed by atoms with van der Waals surface area (Å²) >= 11 is 0. The number of aryl methyl sites for hydroxylation is 1. The van der Waals surface area contributed by atoms with Crippen LogP contribution in [0.4, 0.5) is 17.1 Å². The summed E-state index contributed by atoms with van der Waals surface area (Å²) in [5, 5.41) is 10.9. The molecule has 0 unspecified atom stereocenters. The lowest BCUT2D eigenvalue weighted by atomic mass is 10.1. The molecule has 1 amide bonds. The van der Waals surface area contributed by atoms with Gasteiger partial charge in [-0.1, -0.05) is 0 Å². The van der Waals surface area contributed by atoms with E-state index in [1.165, 1.54) is 0 Å². The molecule has 0 bridgehead atoms. The number of amides is 1. The molecule has 1 saturated heterocycles. The monoisotopic (exact) mass is 340 g/mol. The van der Waals surface area contributed by atoms with Gasteiger partial charge in [-0.15, -0.1) is 0 Å². The van der Waals surface area contributed by atoms with Crippen molar-refractivity contribution in [2.75, 3.05) is 36.0 Å². The Morgan fingerprint density at radius 3 is 2.00 bits per heavy atom. The molecule has 0 radical (unpaired) electrons. The maximum atomic E-state index is 11.1. The van der Waals surface area contributed by atoms with Crippen LogP contribution in [0.2, 0.25) is 0 Å². The molecule has 2 N–H and O–H groups in total. The van der Waals surface area contributed by atoms with Crippen molar-refractivity contribution in [3.63, 3.8) is 0 Å². The Labute approximate surface area is 145 Å². The molecular formula is C18H20N4O3. The molecule has 0 atom stereocenters. The van der Waals surface area contributed by atoms with Crippen molar-refractivity contribution in [1.82, 2.24) is 0 Å². The van der Waals surface area contributed by atoms with E-state index in [9.17, 15) is 14.9 Å². The Morgan fingerprint density at radius 1 is 1.00 bits per heavy atom. The number of nitrogens with two attached hydrogens (primary N) is 1. The molecule has 130 valence electrons. The molecule has 1 aliphatic rings. The lowest BCUT2D eigenvalue weighted by Crippen LogP contribution is -2.46. The maximum Gasteiger partial charge on any atom is 0.272 e. The van der Waals surface area contributed by atoms with E-state index in [2.05, 4.69) is 9.80 Å². The van der Waals surface area contributed by atoms with Gasteiger partial charge in [-0.25, -0.2) is 0 Å². The Kier molecular flexibility index (Phi) is 4.56. The summed E-state index contributed by atoms with van der Waals surface area (Å²) in [7, 11) is 0. The first-order chi connectivity index (χ1) is 12.0. The first kappa shape index (κ1) is 16.8. The van der Waals surface area contributed by atoms with Crippen molar-refractivity contribution in [3.8, 4) is 0 Å². The van der Waals surface area contributed by atoms with E-state index >= 15 is 0 Å². The van der Waals surface area contributed by atoms with Gasteiger partial charge in [-0.05, 0) is 43.3 Å². The highest BCUT2D eigenvalue weighted by Gasteiger charge is 2.19. The van der Waals surface area contributed by atoms with Crippen LogP contribution in [-0.4, -0.2) is 37.0 Å². The Morgan fingerprint density at radius 2 is 1.52 bits per heavy atom. The van der Waals surface area contributed by atoms with E-state index in [1.807, 2.05) is 24.3 Å². The van der Waals surface area contributed by atoms with Crippen molar-refractivity contribution >= 4 is 23.0 Å². The van der Waals surface area contributed by atoms with E-state index in [4.69, 9.17) is 5.73 Å². The van der Waals surface area contributed by atoms with Gasteiger partial charge < -0.3 is 15.5 Å². The largest absolute Gasteiger partial charge is 0.368 e. The fourth-order valence-corrected chi connectivity index (χ4v) is 3.10. The van der Waals surface area contributed by atoms with Gasteiger partial charge in [0.15, 0.2) is 0 Å². The molecule has 0 saturated carbocycles. The Hall–Kier alpha value is -3.09. The number of nitro groups is 1. The average molecular weight is 340 g/mol. The predicted octanol–water partition coefficient (Wildman–Crippen LogP) is 2.33. The van der Waals surface area contributed by atoms with E-state index < -0.39 is 5.91 Å². The van der Waals surface area contributed by atoms with Crippen LogP contribution < -0.4 is 15.5 Å². The second kappa shape index (κ2) is 6.80. The number of hydrogen-bond donors (Lipinski definition) is 1. The number of piperazine rings is 1. The van der Waals surface area contributed by atoms with Crippen LogP contribution in [0.5, 0.6) is 0 Å². The third-order valence-corrected chi connectivity index (χ3v) is 4.54. The molecule has 1 heterocycles. The van der Waals surface area contributed by atoms with Crippen LogP contribution in [0.15, 0.2) is 42.5 Å². The first-order valence-electron chi connectivity index (χ1n) is 8.10. The number of rotatable bonds is 4. The minimum Gasteiger partial charge on any atom is -0.368 e. The zero-order valence-corrected chi connectivity index (χ0v) is 14.0. The number of carbonyl (C=O) groups excluding carboxylic acids is 1. The smallest absolute Gasteiger partial charge is 0.272 e. The summed E-state index contributed by atoms with van der Waals surface area (Å²) in [6.07, 6.45) is 0. The van der Waals surface area contributed by atoms with Crippen LogP contribution in [0.25, 0.3) is 0 Å². The Bertz CT molecular complexity index is 796. The fourth-order valence-electron chi connectivity index (χ4n) is 3.10. The molecule has 25 heavy (non-hydrogen) atoms. The predicted molar refractivity (Wildman–Crippen MR) is 97.2 cm³/mol. The van der Waals surface area contributed by atoms with Crippen LogP contribution in [0, 0.1) is 17.0 Å². The van der Waals surface area contributed by atoms with Gasteiger partial charge in [0.2, 0.25) is 5.91 Å². The maximum absolute atomic E-state index is 11.1. The quantitative estimate of drug-likeness (QED) is 0.681. The minimum atomic E-state index is -0.426. The van der Waals surface area contributed by atoms with Gasteiger partial charge in [-0.2, -0.15) is 0 Å². The van der Waals surface area contributed by atoms with Crippen LogP contribution in [-0.2, 0) is 0 Å². The molecule has 0 aromatic heterocycles. The van der Waals surface area contributed by atoms with E-state index in [0.717, 1.165) is 37.6 Å². The number of anilines is 2. The van der Waals surface area contributed by atoms with Gasteiger partial charge in [0.25, 0.3) is 5.69 Å². The molecular weight excluding hydrogens is 320 g/mol. The van der Waals surface area contributed by atoms with Crippen molar-refractivity contribution in [1.29, 1.82) is 0 Å². The SMILES string of the molecule is Cc1cc(N2CCN(c3ccc(C(N)=O)cc3)CC2)ccc1[N+](=O)[O-]. The van der Waals surface area contributed by atoms with Crippen molar-refractivity contribution in [2.45, 2.75) is 6.92 Å². The summed E-state index contributed by atoms with van der Waals surface area (Å²) in [6.45, 7) is 5.10. The highest BCUT2D eigenvalue weighted by molar-refractivity contribution is 5.93. The number of benzene rings is 2. The summed E-state index contributed by atoms with van der Waals surface area (Å²) < 4.78 is 0. The van der Waals surface area contributed by atoms with E-state index in [-0.39, 0.29) is 10.6 Å². The average Bonchev–Trinajstić information content (AvgIpc) is 2.61. The van der Waals surface area contributed by atoms with Gasteiger partial charge in [0, 0.05) is 54.7 Å². The van der Waals surface area contributed by atoms with Crippen LogP contribution in [0.3, 0.4) is 0 Å². The number of hydrogen-bond acceptors (Lipinski definition) is 5. The van der Waals surface area contributed by atoms with E-state index in [1.54, 1.807) is 25.1 Å². The minimum absolute atomic E-state index is 0.150. The molecule has 1 aliphatic heterocycles. The topological polar surface area (TPSA) is 92.7 Å². The zero-order chi connectivity index (χ0) is 18.0. The van der Waals surface area contributed by atoms with Gasteiger partial charge in [0.1, 0.15) is 0 Å². The van der Waals surface area contributed by atoms with Crippen molar-refractivity contribution < 1.29 is 9.72 Å². The normalized spacial score (nSPS) is 14.4. The summed E-state index contributed by atoms with van der Waals surface area (Å²) in [5.74, 6) is -0.426. The zero-order valence-electron chi connectivity index (χ0n) is 14.0. The summed E-state index contributed by atoms with van der Waals surface area (Å²) in [4.78, 5) is 26.2. The number of primary amides is 1. The highest BCUT2D eigenvalue weighted by Crippen LogP contribution is 2.26. The Balaban J connectivity index is 1.66. The molecule has 3 rings (SSSR count). The molecule has 1 fully saturated rings. The third kappa shape index (κ3) is 3.55. The molecule has 0 aliphatic carbocycles. The second-order valence-corrected chi connectivity index (χ2v) is 6.11. The lowest BCUT2D eigenvalue weighted by molar-refractivity contribution is -0.385.